The van der Waals surface area contributed by atoms with Crippen molar-refractivity contribution in [3.8, 4) is 123 Å². The summed E-state index contributed by atoms with van der Waals surface area (Å²) in [5.74, 6) is 0. The summed E-state index contributed by atoms with van der Waals surface area (Å²) in [7, 11) is 0. The first kappa shape index (κ1) is 84.3. The van der Waals surface area contributed by atoms with E-state index in [1.807, 2.05) is 67.3 Å². The van der Waals surface area contributed by atoms with Crippen LogP contribution in [0, 0.1) is 0 Å². The highest BCUT2D eigenvalue weighted by molar-refractivity contribution is 6.31. The van der Waals surface area contributed by atoms with Gasteiger partial charge in [-0.2, -0.15) is 0 Å². The van der Waals surface area contributed by atoms with Gasteiger partial charge in [-0.25, -0.2) is 0 Å². The van der Waals surface area contributed by atoms with Gasteiger partial charge in [0.25, 0.3) is 0 Å². The Morgan fingerprint density at radius 1 is 0.200 bits per heavy atom. The number of fused-ring (bicyclic) bond motifs is 9. The molecule has 0 aliphatic heterocycles. The maximum atomic E-state index is 6.40. The summed E-state index contributed by atoms with van der Waals surface area (Å²) in [5, 5.41) is 30.7. The number of furan rings is 1. The molecule has 0 radical (unpaired) electrons. The van der Waals surface area contributed by atoms with Gasteiger partial charge >= 0.3 is 0 Å². The van der Waals surface area contributed by atoms with Crippen LogP contribution in [-0.4, -0.2) is 24.1 Å². The average molecular weight is 1850 g/mol. The maximum Gasteiger partial charge on any atom is 0.143 e. The Hall–Kier alpha value is -18.8. The van der Waals surface area contributed by atoms with Gasteiger partial charge in [0.2, 0.25) is 0 Å². The highest BCUT2D eigenvalue weighted by Gasteiger charge is 2.26. The lowest BCUT2D eigenvalue weighted by Crippen LogP contribution is -2.10. The molecule has 678 valence electrons. The summed E-state index contributed by atoms with van der Waals surface area (Å²) in [6, 6.07) is 172. The van der Waals surface area contributed by atoms with E-state index in [-0.39, 0.29) is 5.41 Å². The third kappa shape index (κ3) is 14.2. The fourth-order valence-corrected chi connectivity index (χ4v) is 23.3. The highest BCUT2D eigenvalue weighted by Crippen LogP contribution is 2.51. The minimum Gasteiger partial charge on any atom is -0.455 e. The number of rotatable bonds is 12. The molecule has 0 aliphatic carbocycles. The summed E-state index contributed by atoms with van der Waals surface area (Å²) in [6.07, 6.45) is 7.44. The van der Waals surface area contributed by atoms with Crippen molar-refractivity contribution in [3.63, 3.8) is 0 Å². The van der Waals surface area contributed by atoms with Crippen LogP contribution in [0.25, 0.3) is 285 Å². The molecule has 6 heteroatoms. The van der Waals surface area contributed by atoms with Crippen LogP contribution in [-0.2, 0) is 5.41 Å². The van der Waals surface area contributed by atoms with Crippen molar-refractivity contribution < 1.29 is 4.42 Å². The normalized spacial score (nSPS) is 12.0. The number of nitrogens with zero attached hydrogens (tertiary/aromatic N) is 5. The van der Waals surface area contributed by atoms with Crippen molar-refractivity contribution in [2.45, 2.75) is 26.2 Å². The monoisotopic (exact) mass is 1850 g/mol. The van der Waals surface area contributed by atoms with Gasteiger partial charge < -0.3 is 13.6 Å². The number of aromatic nitrogens is 5. The molecule has 0 aliphatic rings. The van der Waals surface area contributed by atoms with Crippen LogP contribution in [0.1, 0.15) is 26.3 Å². The Balaban J connectivity index is 0.000000106. The number of para-hydroxylation sites is 6. The summed E-state index contributed by atoms with van der Waals surface area (Å²) in [5.41, 5.74) is 34.0. The quantitative estimate of drug-likeness (QED) is 0.114. The van der Waals surface area contributed by atoms with Gasteiger partial charge in [0.1, 0.15) is 11.2 Å². The summed E-state index contributed by atoms with van der Waals surface area (Å²) < 4.78 is 11.2. The van der Waals surface area contributed by atoms with Gasteiger partial charge in [-0.15, -0.1) is 0 Å². The van der Waals surface area contributed by atoms with Gasteiger partial charge in [0.15, 0.2) is 0 Å². The second kappa shape index (κ2) is 34.1. The second-order valence-electron chi connectivity index (χ2n) is 39.5. The van der Waals surface area contributed by atoms with Crippen LogP contribution in [0.2, 0.25) is 0 Å². The van der Waals surface area contributed by atoms with Crippen LogP contribution in [0.15, 0.2) is 502 Å². The van der Waals surface area contributed by atoms with Crippen LogP contribution in [0.5, 0.6) is 0 Å². The minimum absolute atomic E-state index is 0.0608. The van der Waals surface area contributed by atoms with Crippen LogP contribution >= 0.6 is 0 Å². The SMILES string of the molecule is CC(C)(C)c1cc2ccc3c(-c4ccc(-c5cccnc5)cc4)cc(-c4ccc(-c5cccc6c5oc5ccccc56)cc4)c4ccc(c1)c2c34.c1ccc(-c2ccc(-c3ccc4ccc5c(-c6ccc(-n7c8ccccc8c8ccccc87)cc6)ccc6ccc3c4c65)cc2)nc1.c1ccc(-c2cccc(-c3ccc4ccc5c(-c6ccc(-n7c8ccccc8c8ccccc87)cc6)ccc6ccc3c4c65)c2)nc1. The Morgan fingerprint density at radius 3 is 0.979 bits per heavy atom. The van der Waals surface area contributed by atoms with E-state index in [0.29, 0.717) is 0 Å². The molecule has 30 rings (SSSR count). The molecule has 0 atom stereocenters. The zero-order chi connectivity index (χ0) is 96.1. The Kier molecular flexibility index (Phi) is 19.8. The first-order chi connectivity index (χ1) is 71.5. The molecule has 0 saturated carbocycles. The number of pyridine rings is 3. The smallest absolute Gasteiger partial charge is 0.143 e. The Morgan fingerprint density at radius 2 is 0.545 bits per heavy atom. The molecule has 24 aromatic carbocycles. The number of hydrogen-bond donors (Lipinski definition) is 0. The first-order valence-corrected chi connectivity index (χ1v) is 49.9. The average Bonchev–Trinajstić information content (AvgIpc) is 1.30. The molecular weight excluding hydrogens is 1760 g/mol. The van der Waals surface area contributed by atoms with Crippen LogP contribution in [0.4, 0.5) is 0 Å². The molecule has 0 amide bonds. The lowest BCUT2D eigenvalue weighted by Gasteiger charge is -2.23. The summed E-state index contributed by atoms with van der Waals surface area (Å²) >= 11 is 0. The van der Waals surface area contributed by atoms with Crippen molar-refractivity contribution in [2.75, 3.05) is 0 Å². The number of benzene rings is 24. The molecule has 0 N–H and O–H groups in total. The molecule has 0 spiro atoms. The second-order valence-corrected chi connectivity index (χ2v) is 39.5. The Labute approximate surface area is 837 Å². The fourth-order valence-electron chi connectivity index (χ4n) is 23.3. The lowest BCUT2D eigenvalue weighted by atomic mass is 9.81. The molecule has 0 saturated heterocycles. The molecule has 6 nitrogen and oxygen atoms in total. The predicted molar refractivity (Wildman–Crippen MR) is 613 cm³/mol. The molecule has 0 fully saturated rings. The van der Waals surface area contributed by atoms with E-state index in [0.717, 1.165) is 66.7 Å². The molecular formula is C139H91N5O. The molecule has 6 aromatic heterocycles. The van der Waals surface area contributed by atoms with E-state index >= 15 is 0 Å². The van der Waals surface area contributed by atoms with Gasteiger partial charge in [-0.3, -0.25) is 15.0 Å². The standard InChI is InChI=1S/C49H35NO.2C45H28N2/c1-49(2,3)37-26-34-21-23-40-43(32-15-13-30(14-16-32)36-8-7-25-50-29-36)28-44(41-24-22-35(27-37)46(34)47(40)41)33-19-17-31(18-20-33)38-10-6-11-42-39-9-4-5-12-45(39)51-48(38)42;1-3-13-42-37(10-1)38-11-2-4-14-43(38)47(42)34-21-15-29(16-22-34)35-23-17-30-20-26-40-36(24-18-31-19-25-39(35)44(30)45(31)40)32-8-7-9-33(28-32)41-12-5-6-27-46-41;1-3-10-42-37(7-1)38-8-2-4-11-43(38)47(42)34-22-16-30(17-23-34)36-25-19-33-20-26-39-35(24-18-32-21-27-40(36)45(33)44(32)39)29-12-14-31(15-13-29)41-9-5-6-28-46-41/h4-29H,1-3H3;2*1-28H. The van der Waals surface area contributed by atoms with Gasteiger partial charge in [-0.1, -0.05) is 397 Å². The van der Waals surface area contributed by atoms with Gasteiger partial charge in [0.05, 0.1) is 33.5 Å². The van der Waals surface area contributed by atoms with Crippen molar-refractivity contribution >= 4 is 163 Å². The lowest BCUT2D eigenvalue weighted by molar-refractivity contribution is 0.591. The van der Waals surface area contributed by atoms with E-state index in [9.17, 15) is 0 Å². The topological polar surface area (TPSA) is 61.7 Å². The predicted octanol–water partition coefficient (Wildman–Crippen LogP) is 38.0. The third-order valence-corrected chi connectivity index (χ3v) is 30.3. The Bertz CT molecular complexity index is 10200. The molecule has 0 bridgehead atoms. The van der Waals surface area contributed by atoms with Gasteiger partial charge in [0, 0.05) is 85.2 Å². The fraction of sp³-hybridized carbons (Fsp3) is 0.0288. The molecule has 145 heavy (non-hydrogen) atoms. The number of hydrogen-bond acceptors (Lipinski definition) is 4. The van der Waals surface area contributed by atoms with Crippen molar-refractivity contribution in [1.29, 1.82) is 0 Å². The largest absolute Gasteiger partial charge is 0.455 e. The zero-order valence-electron chi connectivity index (χ0n) is 80.0. The molecule has 6 heterocycles. The van der Waals surface area contributed by atoms with E-state index in [1.165, 1.54) is 224 Å². The highest BCUT2D eigenvalue weighted by atomic mass is 16.3. The van der Waals surface area contributed by atoms with Crippen molar-refractivity contribution in [1.82, 2.24) is 24.1 Å². The minimum atomic E-state index is 0.0608. The molecule has 0 unspecified atom stereocenters. The van der Waals surface area contributed by atoms with E-state index < -0.39 is 0 Å². The van der Waals surface area contributed by atoms with Crippen LogP contribution in [0.3, 0.4) is 0 Å². The summed E-state index contributed by atoms with van der Waals surface area (Å²) in [4.78, 5) is 13.5. The third-order valence-electron chi connectivity index (χ3n) is 30.3. The molecule has 30 aromatic rings. The van der Waals surface area contributed by atoms with Gasteiger partial charge in [-0.05, 0) is 288 Å². The van der Waals surface area contributed by atoms with E-state index in [4.69, 9.17) is 4.42 Å². The van der Waals surface area contributed by atoms with E-state index in [2.05, 4.69) is 476 Å². The first-order valence-electron chi connectivity index (χ1n) is 49.9. The van der Waals surface area contributed by atoms with Crippen molar-refractivity contribution in [3.05, 3.63) is 504 Å². The van der Waals surface area contributed by atoms with Crippen LogP contribution < -0.4 is 0 Å². The summed E-state index contributed by atoms with van der Waals surface area (Å²) in [6.45, 7) is 6.89. The van der Waals surface area contributed by atoms with Crippen molar-refractivity contribution in [2.24, 2.45) is 0 Å². The maximum absolute atomic E-state index is 6.40. The zero-order valence-corrected chi connectivity index (χ0v) is 80.0. The van der Waals surface area contributed by atoms with E-state index in [1.54, 1.807) is 0 Å².